The molecular formula is C25H24Cl2N2O4S. The Hall–Kier alpha value is -2.58. The molecule has 0 spiro atoms. The van der Waals surface area contributed by atoms with Crippen LogP contribution in [0.1, 0.15) is 18.4 Å². The maximum Gasteiger partial charge on any atom is 0.228 e. The highest BCUT2D eigenvalue weighted by atomic mass is 35.5. The zero-order valence-corrected chi connectivity index (χ0v) is 20.6. The Bertz CT molecular complexity index is 1270. The van der Waals surface area contributed by atoms with Crippen LogP contribution in [0.25, 0.3) is 0 Å². The lowest BCUT2D eigenvalue weighted by Crippen LogP contribution is -2.44. The molecule has 1 saturated heterocycles. The molecule has 1 amide bonds. The minimum absolute atomic E-state index is 0.122. The number of ether oxygens (including phenoxy) is 1. The van der Waals surface area contributed by atoms with Gasteiger partial charge in [0.2, 0.25) is 15.9 Å². The summed E-state index contributed by atoms with van der Waals surface area (Å²) >= 11 is 12.0. The third-order valence-electron chi connectivity index (χ3n) is 5.60. The summed E-state index contributed by atoms with van der Waals surface area (Å²) in [7, 11) is -3.63. The Kier molecular flexibility index (Phi) is 7.78. The van der Waals surface area contributed by atoms with Crippen molar-refractivity contribution in [3.63, 3.8) is 0 Å². The molecule has 0 radical (unpaired) electrons. The van der Waals surface area contributed by atoms with Gasteiger partial charge in [-0.3, -0.25) is 4.79 Å². The normalized spacial score (nSPS) is 16.7. The number of rotatable bonds is 7. The Morgan fingerprint density at radius 3 is 2.50 bits per heavy atom. The molecule has 4 rings (SSSR count). The first-order valence-corrected chi connectivity index (χ1v) is 13.2. The van der Waals surface area contributed by atoms with Crippen LogP contribution in [-0.2, 0) is 20.6 Å². The molecule has 3 aromatic rings. The second kappa shape index (κ2) is 10.8. The second-order valence-electron chi connectivity index (χ2n) is 8.10. The molecule has 3 aromatic carbocycles. The number of carbonyl (C=O) groups is 1. The lowest BCUT2D eigenvalue weighted by Gasteiger charge is -2.31. The monoisotopic (exact) mass is 518 g/mol. The molecule has 1 fully saturated rings. The third kappa shape index (κ3) is 6.10. The molecule has 0 bridgehead atoms. The number of hydrogen-bond donors (Lipinski definition) is 1. The number of anilines is 1. The zero-order valence-electron chi connectivity index (χ0n) is 18.3. The average Bonchev–Trinajstić information content (AvgIpc) is 2.83. The summed E-state index contributed by atoms with van der Waals surface area (Å²) in [4.78, 5) is 13.1. The fourth-order valence-electron chi connectivity index (χ4n) is 3.85. The van der Waals surface area contributed by atoms with E-state index in [0.717, 1.165) is 0 Å². The Morgan fingerprint density at radius 1 is 1.00 bits per heavy atom. The summed E-state index contributed by atoms with van der Waals surface area (Å²) in [5.41, 5.74) is 1.08. The third-order valence-corrected chi connectivity index (χ3v) is 8.15. The fourth-order valence-corrected chi connectivity index (χ4v) is 5.77. The quantitative estimate of drug-likeness (QED) is 0.418. The fraction of sp³-hybridized carbons (Fsp3) is 0.240. The van der Waals surface area contributed by atoms with Crippen molar-refractivity contribution in [2.24, 2.45) is 5.92 Å². The van der Waals surface area contributed by atoms with Gasteiger partial charge in [-0.1, -0.05) is 59.6 Å². The highest BCUT2D eigenvalue weighted by Gasteiger charge is 2.32. The van der Waals surface area contributed by atoms with E-state index in [4.69, 9.17) is 27.9 Å². The van der Waals surface area contributed by atoms with Crippen LogP contribution < -0.4 is 10.1 Å². The number of carbonyl (C=O) groups excluding carboxylic acids is 1. The smallest absolute Gasteiger partial charge is 0.228 e. The summed E-state index contributed by atoms with van der Waals surface area (Å²) in [6.07, 6.45) is 1.20. The first kappa shape index (κ1) is 24.5. The number of benzene rings is 3. The van der Waals surface area contributed by atoms with Gasteiger partial charge in [0.05, 0.1) is 27.4 Å². The molecule has 1 atom stereocenters. The molecule has 1 aliphatic heterocycles. The van der Waals surface area contributed by atoms with Gasteiger partial charge in [-0.05, 0) is 54.8 Å². The van der Waals surface area contributed by atoms with Crippen molar-refractivity contribution in [2.75, 3.05) is 18.4 Å². The van der Waals surface area contributed by atoms with E-state index in [0.29, 0.717) is 52.2 Å². The molecule has 1 heterocycles. The SMILES string of the molecule is O=C(Nc1ccccc1Oc1ccccc1)[C@H]1CCCN(S(=O)(=O)Cc2ccc(Cl)c(Cl)c2)C1. The maximum absolute atomic E-state index is 13.1. The van der Waals surface area contributed by atoms with Gasteiger partial charge in [-0.15, -0.1) is 0 Å². The number of halogens is 2. The summed E-state index contributed by atoms with van der Waals surface area (Å²) in [5, 5.41) is 3.59. The highest BCUT2D eigenvalue weighted by Crippen LogP contribution is 2.31. The minimum atomic E-state index is -3.63. The van der Waals surface area contributed by atoms with Crippen LogP contribution in [-0.4, -0.2) is 31.7 Å². The van der Waals surface area contributed by atoms with E-state index in [9.17, 15) is 13.2 Å². The van der Waals surface area contributed by atoms with E-state index < -0.39 is 15.9 Å². The van der Waals surface area contributed by atoms with Crippen LogP contribution in [0.2, 0.25) is 10.0 Å². The summed E-state index contributed by atoms with van der Waals surface area (Å²) in [6, 6.07) is 21.2. The molecule has 0 aromatic heterocycles. The van der Waals surface area contributed by atoms with Gasteiger partial charge < -0.3 is 10.1 Å². The number of nitrogens with one attached hydrogen (secondary N) is 1. The molecule has 6 nitrogen and oxygen atoms in total. The topological polar surface area (TPSA) is 75.7 Å². The lowest BCUT2D eigenvalue weighted by molar-refractivity contribution is -0.120. The van der Waals surface area contributed by atoms with Gasteiger partial charge in [-0.2, -0.15) is 0 Å². The van der Waals surface area contributed by atoms with Crippen LogP contribution in [0.15, 0.2) is 72.8 Å². The van der Waals surface area contributed by atoms with E-state index in [-0.39, 0.29) is 18.2 Å². The molecule has 0 saturated carbocycles. The van der Waals surface area contributed by atoms with Crippen molar-refractivity contribution < 1.29 is 17.9 Å². The van der Waals surface area contributed by atoms with Crippen LogP contribution in [0, 0.1) is 5.92 Å². The van der Waals surface area contributed by atoms with Crippen molar-refractivity contribution in [2.45, 2.75) is 18.6 Å². The van der Waals surface area contributed by atoms with Gasteiger partial charge in [-0.25, -0.2) is 12.7 Å². The highest BCUT2D eigenvalue weighted by molar-refractivity contribution is 7.88. The van der Waals surface area contributed by atoms with Crippen LogP contribution in [0.4, 0.5) is 5.69 Å². The maximum atomic E-state index is 13.1. The number of piperidine rings is 1. The van der Waals surface area contributed by atoms with Gasteiger partial charge in [0.1, 0.15) is 5.75 Å². The average molecular weight is 519 g/mol. The Morgan fingerprint density at radius 2 is 1.74 bits per heavy atom. The lowest BCUT2D eigenvalue weighted by atomic mass is 9.98. The second-order valence-corrected chi connectivity index (χ2v) is 10.9. The standard InChI is InChI=1S/C25H24Cl2N2O4S/c26-21-13-12-18(15-22(21)27)17-34(31,32)29-14-6-7-19(16-29)25(30)28-23-10-4-5-11-24(23)33-20-8-2-1-3-9-20/h1-5,8-13,15,19H,6-7,14,16-17H2,(H,28,30)/t19-/m0/s1. The molecular weight excluding hydrogens is 495 g/mol. The van der Waals surface area contributed by atoms with Crippen molar-refractivity contribution in [1.29, 1.82) is 0 Å². The van der Waals surface area contributed by atoms with Crippen LogP contribution >= 0.6 is 23.2 Å². The van der Waals surface area contributed by atoms with Gasteiger partial charge in [0.15, 0.2) is 5.75 Å². The van der Waals surface area contributed by atoms with E-state index >= 15 is 0 Å². The molecule has 0 unspecified atom stereocenters. The summed E-state index contributed by atoms with van der Waals surface area (Å²) in [5.74, 6) is 0.260. The largest absolute Gasteiger partial charge is 0.455 e. The Labute approximate surface area is 209 Å². The van der Waals surface area contributed by atoms with E-state index in [2.05, 4.69) is 5.32 Å². The predicted octanol–water partition coefficient (Wildman–Crippen LogP) is 5.97. The molecule has 9 heteroatoms. The molecule has 0 aliphatic carbocycles. The first-order chi connectivity index (χ1) is 16.3. The molecule has 178 valence electrons. The van der Waals surface area contributed by atoms with Crippen molar-refractivity contribution in [3.05, 3.63) is 88.4 Å². The van der Waals surface area contributed by atoms with Crippen molar-refractivity contribution in [1.82, 2.24) is 4.31 Å². The van der Waals surface area contributed by atoms with E-state index in [1.165, 1.54) is 4.31 Å². The number of sulfonamides is 1. The number of para-hydroxylation sites is 3. The summed E-state index contributed by atoms with van der Waals surface area (Å²) in [6.45, 7) is 0.498. The van der Waals surface area contributed by atoms with Crippen LogP contribution in [0.5, 0.6) is 11.5 Å². The summed E-state index contributed by atoms with van der Waals surface area (Å²) < 4.78 is 33.4. The number of hydrogen-bond acceptors (Lipinski definition) is 4. The Balaban J connectivity index is 1.43. The molecule has 34 heavy (non-hydrogen) atoms. The number of amides is 1. The first-order valence-electron chi connectivity index (χ1n) is 10.9. The van der Waals surface area contributed by atoms with Gasteiger partial charge in [0.25, 0.3) is 0 Å². The minimum Gasteiger partial charge on any atom is -0.455 e. The van der Waals surface area contributed by atoms with Gasteiger partial charge in [0, 0.05) is 13.1 Å². The predicted molar refractivity (Wildman–Crippen MR) is 135 cm³/mol. The number of nitrogens with zero attached hydrogens (tertiary/aromatic N) is 1. The van der Waals surface area contributed by atoms with Gasteiger partial charge >= 0.3 is 0 Å². The van der Waals surface area contributed by atoms with Crippen molar-refractivity contribution >= 4 is 44.8 Å². The van der Waals surface area contributed by atoms with E-state index in [1.54, 1.807) is 30.3 Å². The molecule has 1 N–H and O–H groups in total. The molecule has 1 aliphatic rings. The van der Waals surface area contributed by atoms with E-state index in [1.807, 2.05) is 42.5 Å². The van der Waals surface area contributed by atoms with Crippen LogP contribution in [0.3, 0.4) is 0 Å². The van der Waals surface area contributed by atoms with Crippen molar-refractivity contribution in [3.8, 4) is 11.5 Å². The zero-order chi connectivity index (χ0) is 24.1.